The summed E-state index contributed by atoms with van der Waals surface area (Å²) in [7, 11) is 0. The van der Waals surface area contributed by atoms with Crippen molar-refractivity contribution in [1.29, 1.82) is 0 Å². The SMILES string of the molecule is Cc1cc(C=C2C(=O)NC(=S)N(c3ccc(Cl)c(Cl)c3)C2=O)c(C)n1-c1ccc(N2CCCC2)c([N+](=O)[O-])c1. The molecule has 2 amide bonds. The molecule has 3 heterocycles. The van der Waals surface area contributed by atoms with Crippen LogP contribution in [0.2, 0.25) is 10.0 Å². The average molecular weight is 584 g/mol. The second-order valence-electron chi connectivity index (χ2n) is 9.34. The van der Waals surface area contributed by atoms with Crippen LogP contribution in [0, 0.1) is 24.0 Å². The second-order valence-corrected chi connectivity index (χ2v) is 10.5. The molecule has 39 heavy (non-hydrogen) atoms. The fourth-order valence-corrected chi connectivity index (χ4v) is 5.60. The summed E-state index contributed by atoms with van der Waals surface area (Å²) >= 11 is 17.4. The maximum atomic E-state index is 13.5. The van der Waals surface area contributed by atoms with E-state index in [-0.39, 0.29) is 26.3 Å². The first kappa shape index (κ1) is 26.9. The van der Waals surface area contributed by atoms with Gasteiger partial charge >= 0.3 is 0 Å². The largest absolute Gasteiger partial charge is 0.366 e. The van der Waals surface area contributed by atoms with E-state index in [0.717, 1.165) is 31.6 Å². The van der Waals surface area contributed by atoms with Gasteiger partial charge in [-0.1, -0.05) is 23.2 Å². The first-order valence-electron chi connectivity index (χ1n) is 12.2. The number of anilines is 2. The van der Waals surface area contributed by atoms with Gasteiger partial charge in [0.25, 0.3) is 17.5 Å². The van der Waals surface area contributed by atoms with Gasteiger partial charge in [-0.3, -0.25) is 29.9 Å². The first-order valence-corrected chi connectivity index (χ1v) is 13.3. The van der Waals surface area contributed by atoms with E-state index in [1.165, 1.54) is 23.1 Å². The Bertz CT molecular complexity index is 1590. The molecule has 1 aromatic heterocycles. The van der Waals surface area contributed by atoms with Crippen LogP contribution in [-0.2, 0) is 9.59 Å². The minimum Gasteiger partial charge on any atom is -0.366 e. The predicted octanol–water partition coefficient (Wildman–Crippen LogP) is 5.74. The quantitative estimate of drug-likeness (QED) is 0.135. The monoisotopic (exact) mass is 583 g/mol. The predicted molar refractivity (Wildman–Crippen MR) is 156 cm³/mol. The van der Waals surface area contributed by atoms with E-state index in [0.29, 0.717) is 33.3 Å². The molecule has 0 atom stereocenters. The molecule has 2 fully saturated rings. The van der Waals surface area contributed by atoms with Crippen LogP contribution in [0.4, 0.5) is 17.1 Å². The zero-order chi connectivity index (χ0) is 28.0. The Morgan fingerprint density at radius 3 is 2.36 bits per heavy atom. The second kappa shape index (κ2) is 10.4. The third kappa shape index (κ3) is 4.91. The Kier molecular flexibility index (Phi) is 7.19. The third-order valence-corrected chi connectivity index (χ3v) is 7.92. The van der Waals surface area contributed by atoms with Gasteiger partial charge in [-0.15, -0.1) is 0 Å². The lowest BCUT2D eigenvalue weighted by Gasteiger charge is -2.29. The van der Waals surface area contributed by atoms with Crippen LogP contribution in [0.25, 0.3) is 11.8 Å². The van der Waals surface area contributed by atoms with Crippen LogP contribution in [0.5, 0.6) is 0 Å². The van der Waals surface area contributed by atoms with E-state index in [4.69, 9.17) is 35.4 Å². The van der Waals surface area contributed by atoms with Crippen molar-refractivity contribution < 1.29 is 14.5 Å². The van der Waals surface area contributed by atoms with Crippen molar-refractivity contribution in [2.75, 3.05) is 22.9 Å². The normalized spacial score (nSPS) is 16.8. The molecule has 0 radical (unpaired) electrons. The van der Waals surface area contributed by atoms with Crippen molar-refractivity contribution in [2.45, 2.75) is 26.7 Å². The number of thiocarbonyl (C=S) groups is 1. The van der Waals surface area contributed by atoms with Crippen LogP contribution < -0.4 is 15.1 Å². The molecule has 2 aliphatic rings. The Hall–Kier alpha value is -3.73. The minimum atomic E-state index is -0.628. The van der Waals surface area contributed by atoms with Gasteiger partial charge in [0.2, 0.25) is 0 Å². The molecular formula is C27H23Cl2N5O4S. The number of amides is 2. The molecule has 9 nitrogen and oxygen atoms in total. The highest BCUT2D eigenvalue weighted by molar-refractivity contribution is 7.80. The summed E-state index contributed by atoms with van der Waals surface area (Å²) in [4.78, 5) is 41.1. The molecule has 0 saturated carbocycles. The van der Waals surface area contributed by atoms with Crippen LogP contribution >= 0.6 is 35.4 Å². The van der Waals surface area contributed by atoms with Gasteiger partial charge in [0.05, 0.1) is 26.3 Å². The summed E-state index contributed by atoms with van der Waals surface area (Å²) in [6.07, 6.45) is 3.51. The van der Waals surface area contributed by atoms with Crippen LogP contribution in [-0.4, -0.2) is 39.5 Å². The number of carbonyl (C=O) groups is 2. The summed E-state index contributed by atoms with van der Waals surface area (Å²) in [5.41, 5.74) is 3.59. The Morgan fingerprint density at radius 2 is 1.69 bits per heavy atom. The molecule has 2 aromatic carbocycles. The smallest absolute Gasteiger partial charge is 0.294 e. The van der Waals surface area contributed by atoms with Crippen molar-refractivity contribution in [2.24, 2.45) is 0 Å². The molecule has 0 spiro atoms. The van der Waals surface area contributed by atoms with Crippen molar-refractivity contribution >= 4 is 75.5 Å². The van der Waals surface area contributed by atoms with E-state index in [1.54, 1.807) is 18.2 Å². The average Bonchev–Trinajstić information content (AvgIpc) is 3.51. The fraction of sp³-hybridized carbons (Fsp3) is 0.222. The molecule has 5 rings (SSSR count). The first-order chi connectivity index (χ1) is 18.6. The maximum absolute atomic E-state index is 13.5. The van der Waals surface area contributed by atoms with Crippen molar-refractivity contribution in [3.8, 4) is 5.69 Å². The lowest BCUT2D eigenvalue weighted by Crippen LogP contribution is -2.54. The molecule has 0 aliphatic carbocycles. The van der Waals surface area contributed by atoms with Crippen LogP contribution in [0.1, 0.15) is 29.8 Å². The third-order valence-electron chi connectivity index (χ3n) is 6.89. The number of hydrogen-bond acceptors (Lipinski definition) is 6. The molecule has 2 aliphatic heterocycles. The Labute approximate surface area is 239 Å². The molecule has 2 saturated heterocycles. The summed E-state index contributed by atoms with van der Waals surface area (Å²) in [5.74, 6) is -1.24. The van der Waals surface area contributed by atoms with Crippen LogP contribution in [0.3, 0.4) is 0 Å². The Balaban J connectivity index is 1.53. The number of nitrogens with one attached hydrogen (secondary N) is 1. The fourth-order valence-electron chi connectivity index (χ4n) is 5.03. The molecule has 0 unspecified atom stereocenters. The van der Waals surface area contributed by atoms with Gasteiger partial charge in [0.1, 0.15) is 11.3 Å². The lowest BCUT2D eigenvalue weighted by atomic mass is 10.1. The summed E-state index contributed by atoms with van der Waals surface area (Å²) in [6.45, 7) is 5.26. The molecule has 1 N–H and O–H groups in total. The molecular weight excluding hydrogens is 561 g/mol. The number of nitro benzene ring substituents is 1. The number of nitro groups is 1. The molecule has 0 bridgehead atoms. The number of carbonyl (C=O) groups excluding carboxylic acids is 2. The van der Waals surface area contributed by atoms with E-state index in [9.17, 15) is 19.7 Å². The number of hydrogen-bond donors (Lipinski definition) is 1. The summed E-state index contributed by atoms with van der Waals surface area (Å²) in [5, 5.41) is 15.0. The topological polar surface area (TPSA) is 101 Å². The van der Waals surface area contributed by atoms with E-state index < -0.39 is 11.8 Å². The van der Waals surface area contributed by atoms with Gasteiger partial charge in [-0.05, 0) is 86.9 Å². The Morgan fingerprint density at radius 1 is 1.00 bits per heavy atom. The number of aryl methyl sites for hydroxylation is 1. The zero-order valence-corrected chi connectivity index (χ0v) is 23.4. The number of rotatable bonds is 5. The van der Waals surface area contributed by atoms with Crippen molar-refractivity contribution in [3.05, 3.63) is 85.1 Å². The number of nitrogens with zero attached hydrogens (tertiary/aromatic N) is 4. The summed E-state index contributed by atoms with van der Waals surface area (Å²) < 4.78 is 1.86. The number of benzene rings is 2. The minimum absolute atomic E-state index is 0.0365. The van der Waals surface area contributed by atoms with Crippen molar-refractivity contribution in [3.63, 3.8) is 0 Å². The van der Waals surface area contributed by atoms with E-state index in [2.05, 4.69) is 5.32 Å². The number of aromatic nitrogens is 1. The highest BCUT2D eigenvalue weighted by Gasteiger charge is 2.35. The molecule has 200 valence electrons. The number of halogens is 2. The van der Waals surface area contributed by atoms with Crippen LogP contribution in [0.15, 0.2) is 48.0 Å². The highest BCUT2D eigenvalue weighted by Crippen LogP contribution is 2.35. The zero-order valence-electron chi connectivity index (χ0n) is 21.0. The van der Waals surface area contributed by atoms with Crippen molar-refractivity contribution in [1.82, 2.24) is 9.88 Å². The molecule has 12 heteroatoms. The van der Waals surface area contributed by atoms with Gasteiger partial charge < -0.3 is 9.47 Å². The summed E-state index contributed by atoms with van der Waals surface area (Å²) in [6, 6.07) is 11.6. The van der Waals surface area contributed by atoms with Gasteiger partial charge in [0, 0.05) is 30.5 Å². The van der Waals surface area contributed by atoms with E-state index >= 15 is 0 Å². The van der Waals surface area contributed by atoms with Gasteiger partial charge in [0.15, 0.2) is 5.11 Å². The highest BCUT2D eigenvalue weighted by atomic mass is 35.5. The van der Waals surface area contributed by atoms with E-state index in [1.807, 2.05) is 35.4 Å². The van der Waals surface area contributed by atoms with Gasteiger partial charge in [-0.2, -0.15) is 0 Å². The maximum Gasteiger partial charge on any atom is 0.294 e. The molecule has 3 aromatic rings. The lowest BCUT2D eigenvalue weighted by molar-refractivity contribution is -0.384. The standard InChI is InChI=1S/C27H23Cl2N5O4S/c1-15-11-17(12-20-25(35)30-27(39)33(26(20)36)18-5-7-21(28)22(29)13-18)16(2)32(15)19-6-8-23(24(14-19)34(37)38)31-9-3-4-10-31/h5-8,11-14H,3-4,9-10H2,1-2H3,(H,30,35,39). The van der Waals surface area contributed by atoms with Gasteiger partial charge in [-0.25, -0.2) is 0 Å².